The molecule has 1 aromatic heterocycles. The number of aryl methyl sites for hydroxylation is 1. The molecule has 0 saturated heterocycles. The van der Waals surface area contributed by atoms with Crippen molar-refractivity contribution in [1.82, 2.24) is 15.0 Å². The van der Waals surface area contributed by atoms with Gasteiger partial charge >= 0.3 is 0 Å². The third kappa shape index (κ3) is 2.94. The smallest absolute Gasteiger partial charge is 0.0994 e. The summed E-state index contributed by atoms with van der Waals surface area (Å²) in [5.74, 6) is 0. The van der Waals surface area contributed by atoms with E-state index in [9.17, 15) is 0 Å². The summed E-state index contributed by atoms with van der Waals surface area (Å²) in [6, 6.07) is 10.3. The van der Waals surface area contributed by atoms with Gasteiger partial charge in [0.1, 0.15) is 0 Å². The third-order valence-electron chi connectivity index (χ3n) is 2.92. The van der Waals surface area contributed by atoms with Gasteiger partial charge < -0.3 is 10.8 Å². The predicted octanol–water partition coefficient (Wildman–Crippen LogP) is 0.514. The van der Waals surface area contributed by atoms with Crippen LogP contribution in [0.5, 0.6) is 0 Å². The Bertz CT molecular complexity index is 481. The van der Waals surface area contributed by atoms with Crippen molar-refractivity contribution in [2.45, 2.75) is 25.9 Å². The molecule has 18 heavy (non-hydrogen) atoms. The molecule has 3 N–H and O–H groups in total. The minimum Gasteiger partial charge on any atom is -0.394 e. The number of nitrogens with zero attached hydrogens (tertiary/aromatic N) is 3. The fourth-order valence-corrected chi connectivity index (χ4v) is 1.98. The van der Waals surface area contributed by atoms with Gasteiger partial charge in [-0.2, -0.15) is 0 Å². The Balaban J connectivity index is 2.10. The summed E-state index contributed by atoms with van der Waals surface area (Å²) < 4.78 is 1.74. The number of rotatable bonds is 6. The molecule has 0 aliphatic carbocycles. The maximum atomic E-state index is 8.99. The highest BCUT2D eigenvalue weighted by Gasteiger charge is 2.11. The zero-order chi connectivity index (χ0) is 12.8. The predicted molar refractivity (Wildman–Crippen MR) is 68.8 cm³/mol. The molecule has 5 heteroatoms. The number of aromatic nitrogens is 3. The lowest BCUT2D eigenvalue weighted by molar-refractivity contribution is 0.266. The fourth-order valence-electron chi connectivity index (χ4n) is 1.98. The molecule has 0 aliphatic rings. The molecule has 1 heterocycles. The van der Waals surface area contributed by atoms with Gasteiger partial charge in [-0.3, -0.25) is 0 Å². The van der Waals surface area contributed by atoms with Crippen molar-refractivity contribution < 1.29 is 5.11 Å². The SMILES string of the molecule is NCc1nnn(CCO)c1CCc1ccccc1. The number of hydrogen-bond acceptors (Lipinski definition) is 4. The lowest BCUT2D eigenvalue weighted by Gasteiger charge is -2.06. The second-order valence-electron chi connectivity index (χ2n) is 4.12. The van der Waals surface area contributed by atoms with E-state index in [0.717, 1.165) is 24.2 Å². The van der Waals surface area contributed by atoms with Crippen molar-refractivity contribution in [2.24, 2.45) is 5.73 Å². The monoisotopic (exact) mass is 246 g/mol. The molecule has 0 bridgehead atoms. The average Bonchev–Trinajstić information content (AvgIpc) is 2.80. The second kappa shape index (κ2) is 6.28. The molecule has 0 amide bonds. The van der Waals surface area contributed by atoms with Gasteiger partial charge in [-0.25, -0.2) is 4.68 Å². The lowest BCUT2D eigenvalue weighted by Crippen LogP contribution is -2.11. The van der Waals surface area contributed by atoms with E-state index in [1.807, 2.05) is 18.2 Å². The van der Waals surface area contributed by atoms with Crippen LogP contribution in [0.2, 0.25) is 0 Å². The fraction of sp³-hybridized carbons (Fsp3) is 0.385. The molecule has 0 fully saturated rings. The van der Waals surface area contributed by atoms with E-state index in [1.54, 1.807) is 4.68 Å². The minimum absolute atomic E-state index is 0.0612. The Morgan fingerprint density at radius 2 is 1.94 bits per heavy atom. The van der Waals surface area contributed by atoms with E-state index in [0.29, 0.717) is 13.1 Å². The summed E-state index contributed by atoms with van der Waals surface area (Å²) in [7, 11) is 0. The molecule has 96 valence electrons. The molecule has 0 atom stereocenters. The highest BCUT2D eigenvalue weighted by Crippen LogP contribution is 2.10. The second-order valence-corrected chi connectivity index (χ2v) is 4.12. The Labute approximate surface area is 106 Å². The maximum Gasteiger partial charge on any atom is 0.0994 e. The molecule has 2 aromatic rings. The van der Waals surface area contributed by atoms with Crippen molar-refractivity contribution in [3.05, 3.63) is 47.3 Å². The van der Waals surface area contributed by atoms with E-state index in [-0.39, 0.29) is 6.61 Å². The molecule has 2 rings (SSSR count). The minimum atomic E-state index is 0.0612. The van der Waals surface area contributed by atoms with Crippen LogP contribution < -0.4 is 5.73 Å². The molecule has 0 spiro atoms. The Kier molecular flexibility index (Phi) is 4.44. The summed E-state index contributed by atoms with van der Waals surface area (Å²) in [5.41, 5.74) is 8.77. The number of hydrogen-bond donors (Lipinski definition) is 2. The van der Waals surface area contributed by atoms with E-state index in [1.165, 1.54) is 5.56 Å². The Morgan fingerprint density at radius 3 is 2.61 bits per heavy atom. The molecule has 0 unspecified atom stereocenters. The van der Waals surface area contributed by atoms with Crippen LogP contribution in [-0.2, 0) is 25.9 Å². The van der Waals surface area contributed by atoms with Crippen molar-refractivity contribution >= 4 is 0 Å². The zero-order valence-corrected chi connectivity index (χ0v) is 10.3. The number of nitrogens with two attached hydrogens (primary N) is 1. The van der Waals surface area contributed by atoms with Crippen LogP contribution in [0, 0.1) is 0 Å². The van der Waals surface area contributed by atoms with Crippen LogP contribution in [0.15, 0.2) is 30.3 Å². The van der Waals surface area contributed by atoms with Crippen molar-refractivity contribution in [3.63, 3.8) is 0 Å². The van der Waals surface area contributed by atoms with E-state index in [4.69, 9.17) is 10.8 Å². The normalized spacial score (nSPS) is 10.8. The number of benzene rings is 1. The topological polar surface area (TPSA) is 77.0 Å². The molecule has 0 radical (unpaired) electrons. The van der Waals surface area contributed by atoms with Gasteiger partial charge in [-0.1, -0.05) is 35.5 Å². The first kappa shape index (κ1) is 12.7. The third-order valence-corrected chi connectivity index (χ3v) is 2.92. The first-order valence-electron chi connectivity index (χ1n) is 6.11. The van der Waals surface area contributed by atoms with Crippen LogP contribution in [0.4, 0.5) is 0 Å². The van der Waals surface area contributed by atoms with Crippen LogP contribution in [0.1, 0.15) is 17.0 Å². The van der Waals surface area contributed by atoms with Crippen LogP contribution in [0.3, 0.4) is 0 Å². The molecule has 5 nitrogen and oxygen atoms in total. The largest absolute Gasteiger partial charge is 0.394 e. The van der Waals surface area contributed by atoms with Gasteiger partial charge in [-0.05, 0) is 18.4 Å². The standard InChI is InChI=1S/C13H18N4O/c14-10-12-13(17(8-9-18)16-15-12)7-6-11-4-2-1-3-5-11/h1-5,18H,6-10,14H2. The molecular formula is C13H18N4O. The summed E-state index contributed by atoms with van der Waals surface area (Å²) >= 11 is 0. The summed E-state index contributed by atoms with van der Waals surface area (Å²) in [6.07, 6.45) is 1.76. The molecule has 1 aromatic carbocycles. The van der Waals surface area contributed by atoms with Gasteiger partial charge in [-0.15, -0.1) is 5.10 Å². The average molecular weight is 246 g/mol. The van der Waals surface area contributed by atoms with Gasteiger partial charge in [0.25, 0.3) is 0 Å². The van der Waals surface area contributed by atoms with Crippen LogP contribution in [-0.4, -0.2) is 26.7 Å². The van der Waals surface area contributed by atoms with Crippen molar-refractivity contribution in [1.29, 1.82) is 0 Å². The quantitative estimate of drug-likeness (QED) is 0.778. The summed E-state index contributed by atoms with van der Waals surface area (Å²) in [5, 5.41) is 17.0. The van der Waals surface area contributed by atoms with E-state index >= 15 is 0 Å². The maximum absolute atomic E-state index is 8.99. The first-order chi connectivity index (χ1) is 8.85. The zero-order valence-electron chi connectivity index (χ0n) is 10.3. The van der Waals surface area contributed by atoms with Crippen molar-refractivity contribution in [3.8, 4) is 0 Å². The first-order valence-corrected chi connectivity index (χ1v) is 6.11. The number of aliphatic hydroxyl groups is 1. The van der Waals surface area contributed by atoms with Gasteiger partial charge in [0.05, 0.1) is 24.5 Å². The van der Waals surface area contributed by atoms with E-state index < -0.39 is 0 Å². The van der Waals surface area contributed by atoms with Gasteiger partial charge in [0, 0.05) is 6.54 Å². The Hall–Kier alpha value is -1.72. The van der Waals surface area contributed by atoms with Crippen LogP contribution >= 0.6 is 0 Å². The molecular weight excluding hydrogens is 228 g/mol. The van der Waals surface area contributed by atoms with Gasteiger partial charge in [0.15, 0.2) is 0 Å². The molecule has 0 saturated carbocycles. The molecule has 0 aliphatic heterocycles. The highest BCUT2D eigenvalue weighted by molar-refractivity contribution is 5.18. The Morgan fingerprint density at radius 1 is 1.17 bits per heavy atom. The highest BCUT2D eigenvalue weighted by atomic mass is 16.3. The summed E-state index contributed by atoms with van der Waals surface area (Å²) in [6.45, 7) is 0.915. The lowest BCUT2D eigenvalue weighted by atomic mass is 10.1. The van der Waals surface area contributed by atoms with E-state index in [2.05, 4.69) is 22.4 Å². The van der Waals surface area contributed by atoms with Crippen molar-refractivity contribution in [2.75, 3.05) is 6.61 Å². The van der Waals surface area contributed by atoms with Crippen LogP contribution in [0.25, 0.3) is 0 Å². The van der Waals surface area contributed by atoms with Gasteiger partial charge in [0.2, 0.25) is 0 Å². The summed E-state index contributed by atoms with van der Waals surface area (Å²) in [4.78, 5) is 0. The number of aliphatic hydroxyl groups excluding tert-OH is 1.